The molecule has 0 spiro atoms. The average molecular weight is 300 g/mol. The number of benzene rings is 2. The molecule has 2 heteroatoms. The van der Waals surface area contributed by atoms with E-state index in [0.717, 1.165) is 5.92 Å². The van der Waals surface area contributed by atoms with Crippen LogP contribution in [0, 0.1) is 0 Å². The van der Waals surface area contributed by atoms with Gasteiger partial charge in [-0.05, 0) is 59.3 Å². The van der Waals surface area contributed by atoms with Crippen molar-refractivity contribution in [1.82, 2.24) is 0 Å². The van der Waals surface area contributed by atoms with Crippen molar-refractivity contribution in [2.45, 2.75) is 23.7 Å². The van der Waals surface area contributed by atoms with Gasteiger partial charge in [0.25, 0.3) is 0 Å². The highest BCUT2D eigenvalue weighted by molar-refractivity contribution is 7.99. The zero-order chi connectivity index (χ0) is 13.8. The molecule has 2 aromatic carbocycles. The standard InChI is InChI=1S/C18H20S2/c1-19-17-9-5-8-16(14-10-12-20-13-11-14)18(17)15-6-3-2-4-7-15/h2-9,14H,10-13H2,1H3. The second kappa shape index (κ2) is 6.73. The van der Waals surface area contributed by atoms with Crippen molar-refractivity contribution in [1.29, 1.82) is 0 Å². The first-order chi connectivity index (χ1) is 9.90. The van der Waals surface area contributed by atoms with Crippen LogP contribution in [0.3, 0.4) is 0 Å². The topological polar surface area (TPSA) is 0 Å². The van der Waals surface area contributed by atoms with Crippen molar-refractivity contribution in [3.63, 3.8) is 0 Å². The molecule has 0 aromatic heterocycles. The number of hydrogen-bond donors (Lipinski definition) is 0. The zero-order valence-electron chi connectivity index (χ0n) is 11.8. The van der Waals surface area contributed by atoms with Gasteiger partial charge in [-0.1, -0.05) is 42.5 Å². The molecule has 0 unspecified atom stereocenters. The Morgan fingerprint density at radius 3 is 2.40 bits per heavy atom. The van der Waals surface area contributed by atoms with Gasteiger partial charge in [-0.3, -0.25) is 0 Å². The van der Waals surface area contributed by atoms with Gasteiger partial charge in [0.2, 0.25) is 0 Å². The van der Waals surface area contributed by atoms with Gasteiger partial charge in [0.05, 0.1) is 0 Å². The first-order valence-electron chi connectivity index (χ1n) is 7.20. The summed E-state index contributed by atoms with van der Waals surface area (Å²) in [5.74, 6) is 3.35. The molecule has 1 fully saturated rings. The van der Waals surface area contributed by atoms with Crippen LogP contribution in [0.5, 0.6) is 0 Å². The molecule has 104 valence electrons. The maximum absolute atomic E-state index is 2.35. The molecule has 1 saturated heterocycles. The summed E-state index contributed by atoms with van der Waals surface area (Å²) in [4.78, 5) is 1.41. The quantitative estimate of drug-likeness (QED) is 0.668. The van der Waals surface area contributed by atoms with E-state index in [1.54, 1.807) is 5.56 Å². The van der Waals surface area contributed by atoms with Gasteiger partial charge < -0.3 is 0 Å². The maximum atomic E-state index is 2.35. The van der Waals surface area contributed by atoms with Gasteiger partial charge in [0, 0.05) is 4.90 Å². The first-order valence-corrected chi connectivity index (χ1v) is 9.58. The molecule has 0 aliphatic carbocycles. The fourth-order valence-electron chi connectivity index (χ4n) is 2.98. The fourth-order valence-corrected chi connectivity index (χ4v) is 4.74. The minimum atomic E-state index is 0.735. The second-order valence-corrected chi connectivity index (χ2v) is 7.25. The molecule has 3 rings (SSSR count). The molecule has 2 aromatic rings. The normalized spacial score (nSPS) is 16.2. The van der Waals surface area contributed by atoms with E-state index in [4.69, 9.17) is 0 Å². The number of rotatable bonds is 3. The Hall–Kier alpha value is -0.860. The summed E-state index contributed by atoms with van der Waals surface area (Å²) in [5, 5.41) is 0. The molecule has 0 bridgehead atoms. The van der Waals surface area contributed by atoms with Crippen LogP contribution in [0.25, 0.3) is 11.1 Å². The zero-order valence-corrected chi connectivity index (χ0v) is 13.5. The van der Waals surface area contributed by atoms with Crippen LogP contribution < -0.4 is 0 Å². The van der Waals surface area contributed by atoms with Gasteiger partial charge >= 0.3 is 0 Å². The highest BCUT2D eigenvalue weighted by atomic mass is 32.2. The van der Waals surface area contributed by atoms with Crippen molar-refractivity contribution in [2.24, 2.45) is 0 Å². The van der Waals surface area contributed by atoms with Crippen LogP contribution in [0.4, 0.5) is 0 Å². The summed E-state index contributed by atoms with van der Waals surface area (Å²) in [6, 6.07) is 17.7. The van der Waals surface area contributed by atoms with E-state index in [9.17, 15) is 0 Å². The Morgan fingerprint density at radius 2 is 1.70 bits per heavy atom. The Morgan fingerprint density at radius 1 is 0.950 bits per heavy atom. The smallest absolute Gasteiger partial charge is 0.0150 e. The summed E-state index contributed by atoms with van der Waals surface area (Å²) in [7, 11) is 0. The molecule has 0 N–H and O–H groups in total. The van der Waals surface area contributed by atoms with Crippen molar-refractivity contribution >= 4 is 23.5 Å². The van der Waals surface area contributed by atoms with Crippen LogP contribution in [-0.4, -0.2) is 17.8 Å². The summed E-state index contributed by atoms with van der Waals surface area (Å²) in [6.07, 6.45) is 4.83. The Balaban J connectivity index is 2.09. The Labute approximate surface area is 130 Å². The van der Waals surface area contributed by atoms with Crippen LogP contribution in [0.15, 0.2) is 53.4 Å². The van der Waals surface area contributed by atoms with Crippen molar-refractivity contribution in [3.05, 3.63) is 54.1 Å². The van der Waals surface area contributed by atoms with Gasteiger partial charge in [-0.2, -0.15) is 11.8 Å². The number of hydrogen-bond acceptors (Lipinski definition) is 2. The van der Waals surface area contributed by atoms with Crippen LogP contribution in [-0.2, 0) is 0 Å². The molecule has 0 nitrogen and oxygen atoms in total. The predicted molar refractivity (Wildman–Crippen MR) is 93.0 cm³/mol. The predicted octanol–water partition coefficient (Wildman–Crippen LogP) is 5.69. The lowest BCUT2D eigenvalue weighted by molar-refractivity contribution is 0.637. The van der Waals surface area contributed by atoms with Gasteiger partial charge in [-0.15, -0.1) is 11.8 Å². The van der Waals surface area contributed by atoms with E-state index in [1.807, 2.05) is 11.8 Å². The minimum Gasteiger partial charge on any atom is -0.162 e. The van der Waals surface area contributed by atoms with Crippen molar-refractivity contribution in [3.8, 4) is 11.1 Å². The SMILES string of the molecule is CSc1cccc(C2CCSCC2)c1-c1ccccc1. The van der Waals surface area contributed by atoms with Crippen molar-refractivity contribution in [2.75, 3.05) is 17.8 Å². The molecular formula is C18H20S2. The summed E-state index contributed by atoms with van der Waals surface area (Å²) >= 11 is 3.96. The van der Waals surface area contributed by atoms with Gasteiger partial charge in [0.1, 0.15) is 0 Å². The monoisotopic (exact) mass is 300 g/mol. The highest BCUT2D eigenvalue weighted by Gasteiger charge is 2.20. The lowest BCUT2D eigenvalue weighted by Gasteiger charge is -2.25. The summed E-state index contributed by atoms with van der Waals surface area (Å²) < 4.78 is 0. The average Bonchev–Trinajstić information content (AvgIpc) is 2.55. The fraction of sp³-hybridized carbons (Fsp3) is 0.333. The van der Waals surface area contributed by atoms with E-state index in [1.165, 1.54) is 40.4 Å². The van der Waals surface area contributed by atoms with E-state index < -0.39 is 0 Å². The Bertz CT molecular complexity index is 557. The third kappa shape index (κ3) is 2.91. The van der Waals surface area contributed by atoms with E-state index >= 15 is 0 Å². The Kier molecular flexibility index (Phi) is 4.74. The van der Waals surface area contributed by atoms with Crippen LogP contribution >= 0.6 is 23.5 Å². The summed E-state index contributed by atoms with van der Waals surface area (Å²) in [6.45, 7) is 0. The molecular weight excluding hydrogens is 280 g/mol. The third-order valence-electron chi connectivity index (χ3n) is 4.00. The molecule has 1 aliphatic heterocycles. The maximum Gasteiger partial charge on any atom is 0.0150 e. The second-order valence-electron chi connectivity index (χ2n) is 5.18. The van der Waals surface area contributed by atoms with Crippen LogP contribution in [0.2, 0.25) is 0 Å². The molecule has 0 radical (unpaired) electrons. The molecule has 1 aliphatic rings. The van der Waals surface area contributed by atoms with Gasteiger partial charge in [0.15, 0.2) is 0 Å². The molecule has 0 amide bonds. The molecule has 1 heterocycles. The lowest BCUT2D eigenvalue weighted by Crippen LogP contribution is -2.09. The van der Waals surface area contributed by atoms with E-state index in [-0.39, 0.29) is 0 Å². The number of thioether (sulfide) groups is 2. The van der Waals surface area contributed by atoms with E-state index in [0.29, 0.717) is 0 Å². The van der Waals surface area contributed by atoms with Gasteiger partial charge in [-0.25, -0.2) is 0 Å². The molecule has 20 heavy (non-hydrogen) atoms. The lowest BCUT2D eigenvalue weighted by atomic mass is 9.87. The van der Waals surface area contributed by atoms with Crippen LogP contribution in [0.1, 0.15) is 24.3 Å². The molecule has 0 atom stereocenters. The summed E-state index contributed by atoms with van der Waals surface area (Å²) in [5.41, 5.74) is 4.39. The van der Waals surface area contributed by atoms with Crippen molar-refractivity contribution < 1.29 is 0 Å². The molecule has 0 saturated carbocycles. The largest absolute Gasteiger partial charge is 0.162 e. The first kappa shape index (κ1) is 14.1. The highest BCUT2D eigenvalue weighted by Crippen LogP contribution is 2.41. The van der Waals surface area contributed by atoms with E-state index in [2.05, 4.69) is 66.5 Å². The third-order valence-corrected chi connectivity index (χ3v) is 5.83. The minimum absolute atomic E-state index is 0.735.